The summed E-state index contributed by atoms with van der Waals surface area (Å²) in [6, 6.07) is 11.0. The molecule has 3 rings (SSSR count). The van der Waals surface area contributed by atoms with Crippen LogP contribution in [0.25, 0.3) is 5.69 Å². The number of nitrogens with one attached hydrogen (secondary N) is 1. The maximum Gasteiger partial charge on any atom is 0.238 e. The molecule has 2 aromatic carbocycles. The average Bonchev–Trinajstić information content (AvgIpc) is 3.19. The van der Waals surface area contributed by atoms with E-state index in [1.54, 1.807) is 11.0 Å². The van der Waals surface area contributed by atoms with E-state index >= 15 is 0 Å². The molecule has 0 aliphatic carbocycles. The first-order valence-corrected chi connectivity index (χ1v) is 8.34. The lowest BCUT2D eigenvalue weighted by molar-refractivity contribution is -0.117. The summed E-state index contributed by atoms with van der Waals surface area (Å²) in [6.07, 6.45) is 3.09. The molecule has 8 heteroatoms. The van der Waals surface area contributed by atoms with Crippen LogP contribution >= 0.6 is 0 Å². The first kappa shape index (κ1) is 18.7. The summed E-state index contributed by atoms with van der Waals surface area (Å²) >= 11 is 0. The Bertz CT molecular complexity index is 912. The number of aromatic nitrogens is 3. The van der Waals surface area contributed by atoms with Gasteiger partial charge < -0.3 is 5.32 Å². The van der Waals surface area contributed by atoms with Crippen LogP contribution in [0.1, 0.15) is 18.5 Å². The molecule has 140 valence electrons. The Balaban J connectivity index is 1.60. The van der Waals surface area contributed by atoms with E-state index in [2.05, 4.69) is 15.4 Å². The van der Waals surface area contributed by atoms with Gasteiger partial charge in [0, 0.05) is 17.8 Å². The fourth-order valence-electron chi connectivity index (χ4n) is 2.64. The average molecular weight is 371 g/mol. The molecule has 1 N–H and O–H groups in total. The maximum atomic E-state index is 13.2. The van der Waals surface area contributed by atoms with Crippen LogP contribution in [0.4, 0.5) is 14.5 Å². The number of halogens is 2. The Morgan fingerprint density at radius 3 is 2.56 bits per heavy atom. The molecule has 0 saturated heterocycles. The van der Waals surface area contributed by atoms with Gasteiger partial charge in [-0.15, -0.1) is 0 Å². The van der Waals surface area contributed by atoms with Gasteiger partial charge in [-0.25, -0.2) is 18.4 Å². The Morgan fingerprint density at radius 1 is 1.19 bits per heavy atom. The second-order valence-electron chi connectivity index (χ2n) is 6.20. The highest BCUT2D eigenvalue weighted by atomic mass is 19.2. The van der Waals surface area contributed by atoms with Crippen molar-refractivity contribution < 1.29 is 13.6 Å². The number of rotatable bonds is 6. The van der Waals surface area contributed by atoms with Gasteiger partial charge in [0.05, 0.1) is 12.2 Å². The number of carbonyl (C=O) groups is 1. The van der Waals surface area contributed by atoms with Crippen molar-refractivity contribution in [2.24, 2.45) is 0 Å². The third kappa shape index (κ3) is 4.53. The molecular formula is C19H19F2N5O. The predicted molar refractivity (Wildman–Crippen MR) is 97.4 cm³/mol. The Labute approximate surface area is 155 Å². The molecule has 0 aliphatic rings. The number of hydrogen-bond acceptors (Lipinski definition) is 4. The fourth-order valence-corrected chi connectivity index (χ4v) is 2.64. The second-order valence-corrected chi connectivity index (χ2v) is 6.20. The van der Waals surface area contributed by atoms with Crippen LogP contribution in [0.15, 0.2) is 55.1 Å². The van der Waals surface area contributed by atoms with Gasteiger partial charge in [0.2, 0.25) is 5.91 Å². The molecule has 0 radical (unpaired) electrons. The third-order valence-electron chi connectivity index (χ3n) is 4.32. The standard InChI is InChI=1S/C19H19F2N5O/c1-13(14-3-6-16(7-4-14)26-12-22-11-23-26)25(2)10-19(27)24-15-5-8-17(20)18(21)9-15/h3-9,11-13H,10H2,1-2H3,(H,24,27)/t13-/m1/s1. The lowest BCUT2D eigenvalue weighted by Gasteiger charge is -2.24. The minimum atomic E-state index is -0.998. The smallest absolute Gasteiger partial charge is 0.238 e. The first-order chi connectivity index (χ1) is 12.9. The van der Waals surface area contributed by atoms with Crippen LogP contribution in [-0.2, 0) is 4.79 Å². The molecule has 6 nitrogen and oxygen atoms in total. The molecule has 0 aliphatic heterocycles. The maximum absolute atomic E-state index is 13.2. The monoisotopic (exact) mass is 371 g/mol. The number of likely N-dealkylation sites (N-methyl/N-ethyl adjacent to an activating group) is 1. The van der Waals surface area contributed by atoms with Crippen LogP contribution < -0.4 is 5.32 Å². The molecule has 1 amide bonds. The van der Waals surface area contributed by atoms with Crippen molar-refractivity contribution in [3.05, 3.63) is 72.3 Å². The van der Waals surface area contributed by atoms with Crippen LogP contribution in [0.3, 0.4) is 0 Å². The molecule has 3 aromatic rings. The van der Waals surface area contributed by atoms with E-state index < -0.39 is 11.6 Å². The van der Waals surface area contributed by atoms with Crippen molar-refractivity contribution in [2.45, 2.75) is 13.0 Å². The van der Waals surface area contributed by atoms with E-state index in [1.807, 2.05) is 43.1 Å². The van der Waals surface area contributed by atoms with E-state index in [1.165, 1.54) is 12.4 Å². The van der Waals surface area contributed by atoms with Crippen molar-refractivity contribution >= 4 is 11.6 Å². The predicted octanol–water partition coefficient (Wildman–Crippen LogP) is 3.18. The summed E-state index contributed by atoms with van der Waals surface area (Å²) in [5.74, 6) is -2.26. The van der Waals surface area contributed by atoms with E-state index in [0.29, 0.717) is 0 Å². The van der Waals surface area contributed by atoms with Crippen LogP contribution in [-0.4, -0.2) is 39.2 Å². The summed E-state index contributed by atoms with van der Waals surface area (Å²) in [6.45, 7) is 2.08. The van der Waals surface area contributed by atoms with E-state index in [9.17, 15) is 13.6 Å². The summed E-state index contributed by atoms with van der Waals surface area (Å²) in [4.78, 5) is 18.0. The van der Waals surface area contributed by atoms with Crippen LogP contribution in [0.5, 0.6) is 0 Å². The number of anilines is 1. The van der Waals surface area contributed by atoms with Gasteiger partial charge in [0.25, 0.3) is 0 Å². The zero-order chi connectivity index (χ0) is 19.4. The minimum absolute atomic E-state index is 0.0227. The molecule has 1 aromatic heterocycles. The summed E-state index contributed by atoms with van der Waals surface area (Å²) in [7, 11) is 1.82. The van der Waals surface area contributed by atoms with Gasteiger partial charge >= 0.3 is 0 Å². The van der Waals surface area contributed by atoms with E-state index in [4.69, 9.17) is 0 Å². The van der Waals surface area contributed by atoms with Gasteiger partial charge in [-0.2, -0.15) is 5.10 Å². The fraction of sp³-hybridized carbons (Fsp3) is 0.211. The van der Waals surface area contributed by atoms with E-state index in [-0.39, 0.29) is 24.2 Å². The number of hydrogen-bond donors (Lipinski definition) is 1. The van der Waals surface area contributed by atoms with Gasteiger partial charge in [0.1, 0.15) is 12.7 Å². The molecule has 0 spiro atoms. The molecule has 0 unspecified atom stereocenters. The summed E-state index contributed by atoms with van der Waals surface area (Å²) < 4.78 is 27.8. The molecule has 1 heterocycles. The van der Waals surface area contributed by atoms with Gasteiger partial charge in [-0.05, 0) is 43.8 Å². The molecule has 0 bridgehead atoms. The summed E-state index contributed by atoms with van der Waals surface area (Å²) in [5.41, 5.74) is 2.14. The van der Waals surface area contributed by atoms with Gasteiger partial charge in [0.15, 0.2) is 11.6 Å². The molecular weight excluding hydrogens is 352 g/mol. The molecule has 0 fully saturated rings. The van der Waals surface area contributed by atoms with Crippen molar-refractivity contribution in [3.8, 4) is 5.69 Å². The second kappa shape index (κ2) is 8.05. The van der Waals surface area contributed by atoms with Gasteiger partial charge in [-0.3, -0.25) is 9.69 Å². The third-order valence-corrected chi connectivity index (χ3v) is 4.32. The van der Waals surface area contributed by atoms with Crippen LogP contribution in [0, 0.1) is 11.6 Å². The van der Waals surface area contributed by atoms with Crippen molar-refractivity contribution in [2.75, 3.05) is 18.9 Å². The highest BCUT2D eigenvalue weighted by Gasteiger charge is 2.16. The lowest BCUT2D eigenvalue weighted by atomic mass is 10.1. The number of nitrogens with zero attached hydrogens (tertiary/aromatic N) is 4. The first-order valence-electron chi connectivity index (χ1n) is 8.34. The Kier molecular flexibility index (Phi) is 5.56. The molecule has 0 saturated carbocycles. The SMILES string of the molecule is C[C@H](c1ccc(-n2cncn2)cc1)N(C)CC(=O)Nc1ccc(F)c(F)c1. The number of amides is 1. The zero-order valence-electron chi connectivity index (χ0n) is 14.9. The van der Waals surface area contributed by atoms with Crippen molar-refractivity contribution in [3.63, 3.8) is 0 Å². The Hall–Kier alpha value is -3.13. The topological polar surface area (TPSA) is 63.1 Å². The number of benzene rings is 2. The lowest BCUT2D eigenvalue weighted by Crippen LogP contribution is -2.32. The zero-order valence-corrected chi connectivity index (χ0v) is 14.9. The quantitative estimate of drug-likeness (QED) is 0.723. The number of carbonyl (C=O) groups excluding carboxylic acids is 1. The summed E-state index contributed by atoms with van der Waals surface area (Å²) in [5, 5.41) is 6.65. The van der Waals surface area contributed by atoms with Gasteiger partial charge in [-0.1, -0.05) is 12.1 Å². The van der Waals surface area contributed by atoms with Crippen LogP contribution in [0.2, 0.25) is 0 Å². The molecule has 27 heavy (non-hydrogen) atoms. The normalized spacial score (nSPS) is 12.2. The largest absolute Gasteiger partial charge is 0.325 e. The highest BCUT2D eigenvalue weighted by molar-refractivity contribution is 5.92. The van der Waals surface area contributed by atoms with E-state index in [0.717, 1.165) is 23.4 Å². The highest BCUT2D eigenvalue weighted by Crippen LogP contribution is 2.20. The minimum Gasteiger partial charge on any atom is -0.325 e. The van der Waals surface area contributed by atoms with Crippen molar-refractivity contribution in [1.29, 1.82) is 0 Å². The Morgan fingerprint density at radius 2 is 1.93 bits per heavy atom. The molecule has 1 atom stereocenters. The van der Waals surface area contributed by atoms with Crippen molar-refractivity contribution in [1.82, 2.24) is 19.7 Å².